The Morgan fingerprint density at radius 1 is 1.11 bits per heavy atom. The maximum absolute atomic E-state index is 14.3. The van der Waals surface area contributed by atoms with Gasteiger partial charge in [-0.3, -0.25) is 9.69 Å². The zero-order chi connectivity index (χ0) is 18.8. The highest BCUT2D eigenvalue weighted by Gasteiger charge is 2.25. The predicted molar refractivity (Wildman–Crippen MR) is 105 cm³/mol. The molecule has 3 aliphatic heterocycles. The number of hydrogen-bond donors (Lipinski definition) is 1. The van der Waals surface area contributed by atoms with E-state index in [4.69, 9.17) is 0 Å². The molecule has 4 rings (SSSR count). The lowest BCUT2D eigenvalue weighted by Gasteiger charge is -2.34. The summed E-state index contributed by atoms with van der Waals surface area (Å²) < 4.78 is 14.3. The summed E-state index contributed by atoms with van der Waals surface area (Å²) in [5.41, 5.74) is 3.18. The summed E-state index contributed by atoms with van der Waals surface area (Å²) in [5, 5.41) is 3.34. The van der Waals surface area contributed by atoms with Crippen molar-refractivity contribution in [3.05, 3.63) is 77.5 Å². The summed E-state index contributed by atoms with van der Waals surface area (Å²) in [5.74, 6) is -0.362. The molecule has 0 aliphatic carbocycles. The van der Waals surface area contributed by atoms with Gasteiger partial charge in [-0.15, -0.1) is 0 Å². The number of allylic oxidation sites excluding steroid dienone is 4. The van der Waals surface area contributed by atoms with Crippen molar-refractivity contribution in [2.75, 3.05) is 26.2 Å². The molecule has 4 nitrogen and oxygen atoms in total. The normalized spacial score (nSPS) is 23.1. The molecule has 1 amide bonds. The largest absolute Gasteiger partial charge is 0.368 e. The van der Waals surface area contributed by atoms with Crippen molar-refractivity contribution in [3.63, 3.8) is 0 Å². The Balaban J connectivity index is 1.67. The van der Waals surface area contributed by atoms with Crippen molar-refractivity contribution in [3.8, 4) is 0 Å². The van der Waals surface area contributed by atoms with E-state index >= 15 is 0 Å². The van der Waals surface area contributed by atoms with Gasteiger partial charge in [0.25, 0.3) is 5.91 Å². The number of nitrogens with zero attached hydrogens (tertiary/aromatic N) is 2. The van der Waals surface area contributed by atoms with Crippen LogP contribution < -0.4 is 5.32 Å². The molecule has 0 saturated carbocycles. The van der Waals surface area contributed by atoms with Crippen LogP contribution in [0.25, 0.3) is 5.57 Å². The molecule has 3 heterocycles. The van der Waals surface area contributed by atoms with Gasteiger partial charge in [0.2, 0.25) is 0 Å². The number of carbonyl (C=O) groups is 1. The van der Waals surface area contributed by atoms with Crippen LogP contribution in [0.4, 0.5) is 4.39 Å². The molecule has 27 heavy (non-hydrogen) atoms. The van der Waals surface area contributed by atoms with E-state index in [1.165, 1.54) is 6.07 Å². The Hall–Kier alpha value is -2.66. The van der Waals surface area contributed by atoms with Gasteiger partial charge < -0.3 is 10.2 Å². The quantitative estimate of drug-likeness (QED) is 0.874. The molecule has 1 aromatic carbocycles. The number of hydrogen-bond acceptors (Lipinski definition) is 3. The van der Waals surface area contributed by atoms with Crippen molar-refractivity contribution in [2.45, 2.75) is 13.3 Å². The minimum atomic E-state index is -0.288. The maximum Gasteiger partial charge on any atom is 0.255 e. The van der Waals surface area contributed by atoms with E-state index in [9.17, 15) is 9.18 Å². The summed E-state index contributed by atoms with van der Waals surface area (Å²) in [6, 6.07) is 6.67. The van der Waals surface area contributed by atoms with Gasteiger partial charge in [-0.25, -0.2) is 4.39 Å². The number of benzene rings is 1. The van der Waals surface area contributed by atoms with Crippen LogP contribution in [0.3, 0.4) is 0 Å². The van der Waals surface area contributed by atoms with Crippen LogP contribution in [0, 0.1) is 11.7 Å². The SMILES string of the molecule is CC1CC=C2C=CC(N3CCNCC3)=CN2C(=O)C=C1c1ccccc1F. The third-order valence-electron chi connectivity index (χ3n) is 5.36. The smallest absolute Gasteiger partial charge is 0.255 e. The second-order valence-electron chi connectivity index (χ2n) is 7.18. The number of piperazine rings is 1. The number of carbonyl (C=O) groups excluding carboxylic acids is 1. The van der Waals surface area contributed by atoms with Crippen molar-refractivity contribution in [1.29, 1.82) is 0 Å². The van der Waals surface area contributed by atoms with Crippen molar-refractivity contribution in [1.82, 2.24) is 15.1 Å². The van der Waals surface area contributed by atoms with E-state index in [1.807, 2.05) is 25.3 Å². The fraction of sp³-hybridized carbons (Fsp3) is 0.318. The van der Waals surface area contributed by atoms with Gasteiger partial charge in [-0.2, -0.15) is 0 Å². The number of amides is 1. The average molecular weight is 365 g/mol. The van der Waals surface area contributed by atoms with Gasteiger partial charge in [0.15, 0.2) is 0 Å². The average Bonchev–Trinajstić information content (AvgIpc) is 2.70. The molecule has 1 unspecified atom stereocenters. The molecule has 0 radical (unpaired) electrons. The predicted octanol–water partition coefficient (Wildman–Crippen LogP) is 3.28. The maximum atomic E-state index is 14.3. The Kier molecular flexibility index (Phi) is 4.94. The van der Waals surface area contributed by atoms with E-state index in [-0.39, 0.29) is 17.6 Å². The first-order chi connectivity index (χ1) is 13.1. The minimum absolute atomic E-state index is 0.0624. The lowest BCUT2D eigenvalue weighted by atomic mass is 9.89. The molecule has 1 saturated heterocycles. The first-order valence-electron chi connectivity index (χ1n) is 9.49. The van der Waals surface area contributed by atoms with E-state index in [0.717, 1.165) is 49.6 Å². The van der Waals surface area contributed by atoms with E-state index in [2.05, 4.69) is 22.4 Å². The van der Waals surface area contributed by atoms with Crippen LogP contribution in [0.1, 0.15) is 18.9 Å². The number of fused-ring (bicyclic) bond motifs is 1. The lowest BCUT2D eigenvalue weighted by Crippen LogP contribution is -2.43. The molecule has 1 fully saturated rings. The summed E-state index contributed by atoms with van der Waals surface area (Å²) in [4.78, 5) is 17.0. The monoisotopic (exact) mass is 365 g/mol. The topological polar surface area (TPSA) is 35.6 Å². The summed E-state index contributed by atoms with van der Waals surface area (Å²) in [6.45, 7) is 5.76. The zero-order valence-electron chi connectivity index (χ0n) is 15.5. The summed E-state index contributed by atoms with van der Waals surface area (Å²) >= 11 is 0. The third kappa shape index (κ3) is 3.60. The van der Waals surface area contributed by atoms with Crippen LogP contribution in [-0.2, 0) is 4.79 Å². The molecule has 0 spiro atoms. The second-order valence-corrected chi connectivity index (χ2v) is 7.18. The van der Waals surface area contributed by atoms with Crippen LogP contribution >= 0.6 is 0 Å². The zero-order valence-corrected chi connectivity index (χ0v) is 15.5. The van der Waals surface area contributed by atoms with Crippen LogP contribution in [0.15, 0.2) is 66.2 Å². The van der Waals surface area contributed by atoms with Gasteiger partial charge in [0, 0.05) is 49.7 Å². The van der Waals surface area contributed by atoms with Crippen molar-refractivity contribution < 1.29 is 9.18 Å². The number of nitrogens with one attached hydrogen (secondary N) is 1. The summed E-state index contributed by atoms with van der Waals surface area (Å²) in [6.07, 6.45) is 10.4. The van der Waals surface area contributed by atoms with Gasteiger partial charge in [0.1, 0.15) is 5.82 Å². The highest BCUT2D eigenvalue weighted by Crippen LogP contribution is 2.32. The van der Waals surface area contributed by atoms with Crippen molar-refractivity contribution in [2.24, 2.45) is 5.92 Å². The molecule has 0 aromatic heterocycles. The molecular formula is C22H24FN3O. The fourth-order valence-electron chi connectivity index (χ4n) is 3.78. The molecule has 140 valence electrons. The second kappa shape index (κ2) is 7.53. The first kappa shape index (κ1) is 17.7. The summed E-state index contributed by atoms with van der Waals surface area (Å²) in [7, 11) is 0. The Bertz CT molecular complexity index is 862. The fourth-order valence-corrected chi connectivity index (χ4v) is 3.78. The van der Waals surface area contributed by atoms with Crippen molar-refractivity contribution >= 4 is 11.5 Å². The molecule has 0 bridgehead atoms. The molecule has 1 atom stereocenters. The van der Waals surface area contributed by atoms with E-state index in [0.29, 0.717) is 5.56 Å². The Labute approximate surface area is 159 Å². The standard InChI is InChI=1S/C22H24FN3O/c1-16-6-7-17-8-9-18(25-12-10-24-11-13-25)15-26(17)22(27)14-20(16)19-4-2-3-5-21(19)23/h2-5,7-9,14-16,24H,6,10-13H2,1H3. The van der Waals surface area contributed by atoms with Gasteiger partial charge in [-0.05, 0) is 36.1 Å². The Morgan fingerprint density at radius 2 is 1.85 bits per heavy atom. The molecule has 5 heteroatoms. The first-order valence-corrected chi connectivity index (χ1v) is 9.49. The number of halogens is 1. The van der Waals surface area contributed by atoms with Gasteiger partial charge in [-0.1, -0.05) is 31.2 Å². The highest BCUT2D eigenvalue weighted by molar-refractivity contribution is 5.98. The number of rotatable bonds is 2. The minimum Gasteiger partial charge on any atom is -0.368 e. The van der Waals surface area contributed by atoms with E-state index in [1.54, 1.807) is 23.1 Å². The molecule has 1 N–H and O–H groups in total. The highest BCUT2D eigenvalue weighted by atomic mass is 19.1. The Morgan fingerprint density at radius 3 is 2.63 bits per heavy atom. The lowest BCUT2D eigenvalue weighted by molar-refractivity contribution is -0.122. The van der Waals surface area contributed by atoms with Gasteiger partial charge in [0.05, 0.1) is 5.70 Å². The van der Waals surface area contributed by atoms with Crippen LogP contribution in [0.2, 0.25) is 0 Å². The molecular weight excluding hydrogens is 341 g/mol. The van der Waals surface area contributed by atoms with Crippen LogP contribution in [0.5, 0.6) is 0 Å². The van der Waals surface area contributed by atoms with Crippen LogP contribution in [-0.4, -0.2) is 41.9 Å². The van der Waals surface area contributed by atoms with E-state index < -0.39 is 0 Å². The van der Waals surface area contributed by atoms with Gasteiger partial charge >= 0.3 is 0 Å². The molecule has 1 aromatic rings. The molecule has 3 aliphatic rings. The third-order valence-corrected chi connectivity index (χ3v) is 5.36.